The first-order valence-corrected chi connectivity index (χ1v) is 6.04. The number of hydrogen-bond acceptors (Lipinski definition) is 5. The van der Waals surface area contributed by atoms with Gasteiger partial charge < -0.3 is 19.4 Å². The fourth-order valence-corrected chi connectivity index (χ4v) is 2.52. The fourth-order valence-electron chi connectivity index (χ4n) is 2.52. The number of ether oxygens (including phenoxy) is 1. The summed E-state index contributed by atoms with van der Waals surface area (Å²) in [5.41, 5.74) is -0.464. The monoisotopic (exact) mass is 262 g/mol. The maximum absolute atomic E-state index is 11.3. The minimum absolute atomic E-state index is 0.0394. The Labute approximate surface area is 109 Å². The van der Waals surface area contributed by atoms with Gasteiger partial charge in [0.05, 0.1) is 17.1 Å². The molecule has 0 unspecified atom stereocenters. The molecule has 1 aromatic heterocycles. The fraction of sp³-hybridized carbons (Fsp3) is 0.357. The zero-order valence-electron chi connectivity index (χ0n) is 10.6. The Morgan fingerprint density at radius 1 is 1.37 bits per heavy atom. The summed E-state index contributed by atoms with van der Waals surface area (Å²) in [6.07, 6.45) is -0.411. The van der Waals surface area contributed by atoms with Gasteiger partial charge in [0.25, 0.3) is 0 Å². The van der Waals surface area contributed by atoms with Crippen LogP contribution >= 0.6 is 0 Å². The van der Waals surface area contributed by atoms with Crippen LogP contribution in [0.5, 0.6) is 11.5 Å². The minimum Gasteiger partial charge on any atom is -0.507 e. The largest absolute Gasteiger partial charge is 0.507 e. The first kappa shape index (κ1) is 12.0. The molecule has 2 N–H and O–H groups in total. The second kappa shape index (κ2) is 3.74. The van der Waals surface area contributed by atoms with Crippen LogP contribution in [0.1, 0.15) is 31.9 Å². The van der Waals surface area contributed by atoms with Crippen molar-refractivity contribution < 1.29 is 19.4 Å². The molecule has 0 radical (unpaired) electrons. The molecule has 5 heteroatoms. The number of phenolic OH excluding ortho intramolecular Hbond substituents is 1. The average Bonchev–Trinajstić information content (AvgIpc) is 2.25. The molecule has 5 nitrogen and oxygen atoms in total. The molecular formula is C14H14O5. The van der Waals surface area contributed by atoms with E-state index in [1.807, 2.05) is 13.8 Å². The van der Waals surface area contributed by atoms with E-state index in [-0.39, 0.29) is 11.3 Å². The molecule has 0 spiro atoms. The molecule has 1 aliphatic rings. The van der Waals surface area contributed by atoms with Crippen molar-refractivity contribution in [3.63, 3.8) is 0 Å². The molecular weight excluding hydrogens is 248 g/mol. The van der Waals surface area contributed by atoms with Crippen molar-refractivity contribution in [2.75, 3.05) is 0 Å². The quantitative estimate of drug-likeness (QED) is 0.711. The summed E-state index contributed by atoms with van der Waals surface area (Å²) < 4.78 is 10.9. The Morgan fingerprint density at radius 3 is 2.84 bits per heavy atom. The summed E-state index contributed by atoms with van der Waals surface area (Å²) in [5.74, 6) is 0.311. The lowest BCUT2D eigenvalue weighted by atomic mass is 9.90. The molecule has 0 saturated heterocycles. The summed E-state index contributed by atoms with van der Waals surface area (Å²) in [7, 11) is 0. The molecule has 19 heavy (non-hydrogen) atoms. The number of aromatic hydroxyl groups is 1. The van der Waals surface area contributed by atoms with E-state index in [0.29, 0.717) is 23.1 Å². The first-order valence-electron chi connectivity index (χ1n) is 6.04. The zero-order valence-corrected chi connectivity index (χ0v) is 10.6. The average molecular weight is 262 g/mol. The van der Waals surface area contributed by atoms with E-state index in [1.165, 1.54) is 18.2 Å². The predicted molar refractivity (Wildman–Crippen MR) is 68.4 cm³/mol. The summed E-state index contributed by atoms with van der Waals surface area (Å²) >= 11 is 0. The van der Waals surface area contributed by atoms with Crippen LogP contribution in [0.15, 0.2) is 27.4 Å². The van der Waals surface area contributed by atoms with Gasteiger partial charge in [-0.1, -0.05) is 0 Å². The number of aliphatic hydroxyl groups excluding tert-OH is 1. The van der Waals surface area contributed by atoms with Crippen molar-refractivity contribution in [2.24, 2.45) is 0 Å². The van der Waals surface area contributed by atoms with Gasteiger partial charge in [-0.15, -0.1) is 0 Å². The lowest BCUT2D eigenvalue weighted by Crippen LogP contribution is -2.34. The van der Waals surface area contributed by atoms with Crippen molar-refractivity contribution in [3.8, 4) is 11.5 Å². The molecule has 2 aromatic rings. The van der Waals surface area contributed by atoms with Crippen molar-refractivity contribution in [2.45, 2.75) is 32.0 Å². The molecule has 0 fully saturated rings. The lowest BCUT2D eigenvalue weighted by Gasteiger charge is -2.35. The van der Waals surface area contributed by atoms with Gasteiger partial charge in [0.15, 0.2) is 5.58 Å². The third-order valence-corrected chi connectivity index (χ3v) is 3.29. The number of phenols is 1. The lowest BCUT2D eigenvalue weighted by molar-refractivity contribution is 0.0118. The number of benzene rings is 1. The van der Waals surface area contributed by atoms with Crippen LogP contribution in [0, 0.1) is 0 Å². The van der Waals surface area contributed by atoms with Gasteiger partial charge in [0, 0.05) is 18.6 Å². The van der Waals surface area contributed by atoms with Gasteiger partial charge in [-0.05, 0) is 19.9 Å². The molecule has 0 aliphatic carbocycles. The van der Waals surface area contributed by atoms with Crippen molar-refractivity contribution >= 4 is 11.0 Å². The number of fused-ring (bicyclic) bond motifs is 3. The third-order valence-electron chi connectivity index (χ3n) is 3.29. The molecule has 0 bridgehead atoms. The van der Waals surface area contributed by atoms with Gasteiger partial charge in [0.1, 0.15) is 17.1 Å². The Kier molecular flexibility index (Phi) is 2.37. The zero-order chi connectivity index (χ0) is 13.8. The van der Waals surface area contributed by atoms with Crippen molar-refractivity contribution in [3.05, 3.63) is 34.2 Å². The van der Waals surface area contributed by atoms with E-state index < -0.39 is 17.3 Å². The van der Waals surface area contributed by atoms with E-state index in [0.717, 1.165) is 0 Å². The molecule has 2 heterocycles. The van der Waals surface area contributed by atoms with Crippen LogP contribution in [0.3, 0.4) is 0 Å². The van der Waals surface area contributed by atoms with Crippen LogP contribution in [0.4, 0.5) is 0 Å². The Morgan fingerprint density at radius 2 is 2.11 bits per heavy atom. The molecule has 3 rings (SSSR count). The molecule has 1 aliphatic heterocycles. The SMILES string of the molecule is CC1(C)C[C@@H](O)c2c(cc(O)c3ccc(=O)oc23)O1. The second-order valence-electron chi connectivity index (χ2n) is 5.39. The van der Waals surface area contributed by atoms with Crippen LogP contribution < -0.4 is 10.4 Å². The van der Waals surface area contributed by atoms with E-state index in [1.54, 1.807) is 0 Å². The maximum atomic E-state index is 11.3. The standard InChI is InChI=1S/C14H14O5/c1-14(2)6-9(16)12-10(19-14)5-8(15)7-3-4-11(17)18-13(7)12/h3-5,9,15-16H,6H2,1-2H3/t9-/m1/s1. The van der Waals surface area contributed by atoms with E-state index in [4.69, 9.17) is 9.15 Å². The summed E-state index contributed by atoms with van der Waals surface area (Å²) in [5, 5.41) is 20.6. The van der Waals surface area contributed by atoms with Gasteiger partial charge in [-0.25, -0.2) is 4.79 Å². The highest BCUT2D eigenvalue weighted by Gasteiger charge is 2.35. The van der Waals surface area contributed by atoms with Gasteiger partial charge >= 0.3 is 5.63 Å². The van der Waals surface area contributed by atoms with Gasteiger partial charge in [-0.3, -0.25) is 0 Å². The molecule has 0 amide bonds. The summed E-state index contributed by atoms with van der Waals surface area (Å²) in [6, 6.07) is 4.15. The molecule has 100 valence electrons. The highest BCUT2D eigenvalue weighted by molar-refractivity contribution is 5.88. The predicted octanol–water partition coefficient (Wildman–Crippen LogP) is 2.09. The van der Waals surface area contributed by atoms with Crippen molar-refractivity contribution in [1.29, 1.82) is 0 Å². The van der Waals surface area contributed by atoms with Crippen LogP contribution in [0.25, 0.3) is 11.0 Å². The molecule has 1 aromatic carbocycles. The number of aliphatic hydroxyl groups is 1. The van der Waals surface area contributed by atoms with Gasteiger partial charge in [0.2, 0.25) is 0 Å². The second-order valence-corrected chi connectivity index (χ2v) is 5.39. The van der Waals surface area contributed by atoms with Crippen LogP contribution in [-0.4, -0.2) is 15.8 Å². The highest BCUT2D eigenvalue weighted by Crippen LogP contribution is 2.45. The van der Waals surface area contributed by atoms with Crippen LogP contribution in [0.2, 0.25) is 0 Å². The highest BCUT2D eigenvalue weighted by atomic mass is 16.5. The van der Waals surface area contributed by atoms with Crippen LogP contribution in [-0.2, 0) is 0 Å². The topological polar surface area (TPSA) is 79.9 Å². The van der Waals surface area contributed by atoms with E-state index >= 15 is 0 Å². The molecule has 0 saturated carbocycles. The normalized spacial score (nSPS) is 20.9. The minimum atomic E-state index is -0.799. The Bertz CT molecular complexity index is 714. The van der Waals surface area contributed by atoms with E-state index in [9.17, 15) is 15.0 Å². The number of rotatable bonds is 0. The third kappa shape index (κ3) is 1.86. The first-order chi connectivity index (χ1) is 8.87. The molecule has 1 atom stereocenters. The Hall–Kier alpha value is -2.01. The van der Waals surface area contributed by atoms with E-state index in [2.05, 4.69) is 0 Å². The van der Waals surface area contributed by atoms with Gasteiger partial charge in [-0.2, -0.15) is 0 Å². The Balaban J connectivity index is 2.38. The summed E-state index contributed by atoms with van der Waals surface area (Å²) in [6.45, 7) is 3.70. The maximum Gasteiger partial charge on any atom is 0.336 e. The smallest absolute Gasteiger partial charge is 0.336 e. The van der Waals surface area contributed by atoms with Crippen molar-refractivity contribution in [1.82, 2.24) is 0 Å². The summed E-state index contributed by atoms with van der Waals surface area (Å²) in [4.78, 5) is 11.3. The number of hydrogen-bond donors (Lipinski definition) is 2.